The molecule has 0 aliphatic heterocycles. The number of carbonyl (C=O) groups excluding carboxylic acids is 2. The number of likely N-dealkylation sites (N-methyl/N-ethyl adjacent to an activating group) is 1. The van der Waals surface area contributed by atoms with Crippen LogP contribution in [0.4, 0.5) is 0 Å². The third-order valence-corrected chi connectivity index (χ3v) is 3.42. The molecule has 0 fully saturated rings. The monoisotopic (exact) mass is 317 g/mol. The minimum Gasteiger partial charge on any atom is -0.444 e. The topological polar surface area (TPSA) is 46.6 Å². The molecule has 0 heterocycles. The number of halogens is 1. The van der Waals surface area contributed by atoms with E-state index in [0.717, 1.165) is 0 Å². The van der Waals surface area contributed by atoms with E-state index in [4.69, 9.17) is 16.3 Å². The predicted octanol–water partition coefficient (Wildman–Crippen LogP) is 3.33. The summed E-state index contributed by atoms with van der Waals surface area (Å²) in [7, 11) is 3.23. The van der Waals surface area contributed by atoms with Crippen LogP contribution in [0.25, 0.3) is 0 Å². The van der Waals surface area contributed by atoms with Crippen molar-refractivity contribution in [1.29, 1.82) is 0 Å². The highest BCUT2D eigenvalue weighted by atomic mass is 35.5. The van der Waals surface area contributed by atoms with Gasteiger partial charge in [-0.25, -0.2) is 4.79 Å². The molecule has 2 aromatic rings. The highest BCUT2D eigenvalue weighted by Crippen LogP contribution is 2.23. The molecule has 5 heteroatoms. The smallest absolute Gasteiger partial charge is 0.340 e. The molecule has 0 saturated carbocycles. The maximum atomic E-state index is 12.3. The van der Waals surface area contributed by atoms with Gasteiger partial charge in [0.1, 0.15) is 0 Å². The molecule has 0 spiro atoms. The van der Waals surface area contributed by atoms with Crippen LogP contribution in [0.5, 0.6) is 0 Å². The standard InChI is InChI=1S/C17H16ClNO3/c1-19(2)16(20)15(12-8-4-3-5-9-12)22-17(21)13-10-6-7-11-14(13)18/h3-11,15H,1-2H3/t15-/m1/s1. The highest BCUT2D eigenvalue weighted by Gasteiger charge is 2.27. The van der Waals surface area contributed by atoms with Crippen molar-refractivity contribution >= 4 is 23.5 Å². The van der Waals surface area contributed by atoms with Crippen molar-refractivity contribution in [2.24, 2.45) is 0 Å². The lowest BCUT2D eigenvalue weighted by Gasteiger charge is -2.21. The van der Waals surface area contributed by atoms with Crippen molar-refractivity contribution in [3.05, 3.63) is 70.7 Å². The number of ether oxygens (including phenoxy) is 1. The summed E-state index contributed by atoms with van der Waals surface area (Å²) >= 11 is 5.99. The fourth-order valence-corrected chi connectivity index (χ4v) is 2.13. The van der Waals surface area contributed by atoms with Crippen LogP contribution in [0.3, 0.4) is 0 Å². The van der Waals surface area contributed by atoms with Crippen LogP contribution in [-0.4, -0.2) is 30.9 Å². The molecule has 2 rings (SSSR count). The van der Waals surface area contributed by atoms with Gasteiger partial charge in [0.2, 0.25) is 6.10 Å². The minimum atomic E-state index is -1.00. The van der Waals surface area contributed by atoms with E-state index in [-0.39, 0.29) is 16.5 Å². The Labute approximate surface area is 134 Å². The van der Waals surface area contributed by atoms with Crippen molar-refractivity contribution in [3.63, 3.8) is 0 Å². The van der Waals surface area contributed by atoms with E-state index < -0.39 is 12.1 Å². The molecular formula is C17H16ClNO3. The Morgan fingerprint density at radius 3 is 2.18 bits per heavy atom. The van der Waals surface area contributed by atoms with Gasteiger partial charge in [-0.3, -0.25) is 4.79 Å². The maximum Gasteiger partial charge on any atom is 0.340 e. The fraction of sp³-hybridized carbons (Fsp3) is 0.176. The zero-order valence-electron chi connectivity index (χ0n) is 12.3. The first-order valence-electron chi connectivity index (χ1n) is 6.72. The number of benzene rings is 2. The molecule has 0 radical (unpaired) electrons. The van der Waals surface area contributed by atoms with Gasteiger partial charge < -0.3 is 9.64 Å². The first-order chi connectivity index (χ1) is 10.5. The molecule has 0 bridgehead atoms. The Bertz CT molecular complexity index is 671. The van der Waals surface area contributed by atoms with Gasteiger partial charge in [0.05, 0.1) is 10.6 Å². The normalized spacial score (nSPS) is 11.6. The lowest BCUT2D eigenvalue weighted by atomic mass is 10.1. The Balaban J connectivity index is 2.29. The summed E-state index contributed by atoms with van der Waals surface area (Å²) in [4.78, 5) is 26.0. The van der Waals surface area contributed by atoms with E-state index in [1.165, 1.54) is 4.90 Å². The lowest BCUT2D eigenvalue weighted by Crippen LogP contribution is -2.31. The summed E-state index contributed by atoms with van der Waals surface area (Å²) in [5.74, 6) is -0.943. The fourth-order valence-electron chi connectivity index (χ4n) is 1.92. The Kier molecular flexibility index (Phi) is 5.17. The Morgan fingerprint density at radius 2 is 1.59 bits per heavy atom. The van der Waals surface area contributed by atoms with E-state index in [0.29, 0.717) is 5.56 Å². The van der Waals surface area contributed by atoms with Crippen molar-refractivity contribution in [2.75, 3.05) is 14.1 Å². The van der Waals surface area contributed by atoms with Crippen LogP contribution in [-0.2, 0) is 9.53 Å². The quantitative estimate of drug-likeness (QED) is 0.813. The molecule has 0 aromatic heterocycles. The second-order valence-electron chi connectivity index (χ2n) is 4.91. The zero-order chi connectivity index (χ0) is 16.1. The minimum absolute atomic E-state index is 0.233. The van der Waals surface area contributed by atoms with E-state index in [9.17, 15) is 9.59 Å². The summed E-state index contributed by atoms with van der Waals surface area (Å²) in [5.41, 5.74) is 0.846. The Morgan fingerprint density at radius 1 is 1.00 bits per heavy atom. The molecule has 0 unspecified atom stereocenters. The Hall–Kier alpha value is -2.33. The van der Waals surface area contributed by atoms with Crippen LogP contribution in [0.15, 0.2) is 54.6 Å². The number of hydrogen-bond donors (Lipinski definition) is 0. The molecule has 114 valence electrons. The second-order valence-corrected chi connectivity index (χ2v) is 5.32. The van der Waals surface area contributed by atoms with E-state index >= 15 is 0 Å². The van der Waals surface area contributed by atoms with E-state index in [2.05, 4.69) is 0 Å². The maximum absolute atomic E-state index is 12.3. The van der Waals surface area contributed by atoms with Gasteiger partial charge in [0.25, 0.3) is 5.91 Å². The van der Waals surface area contributed by atoms with Crippen LogP contribution < -0.4 is 0 Å². The number of hydrogen-bond acceptors (Lipinski definition) is 3. The first-order valence-corrected chi connectivity index (χ1v) is 7.10. The van der Waals surface area contributed by atoms with Gasteiger partial charge in [-0.1, -0.05) is 54.1 Å². The van der Waals surface area contributed by atoms with Crippen LogP contribution in [0.2, 0.25) is 5.02 Å². The summed E-state index contributed by atoms with van der Waals surface area (Å²) in [6.07, 6.45) is -1.00. The SMILES string of the molecule is CN(C)C(=O)[C@H](OC(=O)c1ccccc1Cl)c1ccccc1. The number of nitrogens with zero attached hydrogens (tertiary/aromatic N) is 1. The van der Waals surface area contributed by atoms with Crippen molar-refractivity contribution < 1.29 is 14.3 Å². The number of rotatable bonds is 4. The molecular weight excluding hydrogens is 302 g/mol. The molecule has 2 aromatic carbocycles. The van der Waals surface area contributed by atoms with Crippen molar-refractivity contribution in [2.45, 2.75) is 6.10 Å². The van der Waals surface area contributed by atoms with Crippen LogP contribution in [0, 0.1) is 0 Å². The average molecular weight is 318 g/mol. The molecule has 0 N–H and O–H groups in total. The molecule has 0 aliphatic carbocycles. The molecule has 4 nitrogen and oxygen atoms in total. The van der Waals surface area contributed by atoms with Gasteiger partial charge >= 0.3 is 5.97 Å². The zero-order valence-corrected chi connectivity index (χ0v) is 13.1. The lowest BCUT2D eigenvalue weighted by molar-refractivity contribution is -0.138. The molecule has 1 amide bonds. The van der Waals surface area contributed by atoms with Gasteiger partial charge in [-0.15, -0.1) is 0 Å². The van der Waals surface area contributed by atoms with Gasteiger partial charge in [-0.2, -0.15) is 0 Å². The van der Waals surface area contributed by atoms with Gasteiger partial charge in [-0.05, 0) is 12.1 Å². The molecule has 1 atom stereocenters. The number of amides is 1. The average Bonchev–Trinajstić information content (AvgIpc) is 2.53. The predicted molar refractivity (Wildman–Crippen MR) is 84.7 cm³/mol. The van der Waals surface area contributed by atoms with Crippen LogP contribution >= 0.6 is 11.6 Å². The third-order valence-electron chi connectivity index (χ3n) is 3.09. The van der Waals surface area contributed by atoms with E-state index in [1.807, 2.05) is 6.07 Å². The molecule has 0 saturated heterocycles. The molecule has 22 heavy (non-hydrogen) atoms. The second kappa shape index (κ2) is 7.09. The first kappa shape index (κ1) is 16.0. The summed E-state index contributed by atoms with van der Waals surface area (Å²) in [6.45, 7) is 0. The van der Waals surface area contributed by atoms with Crippen LogP contribution in [0.1, 0.15) is 22.0 Å². The van der Waals surface area contributed by atoms with E-state index in [1.54, 1.807) is 62.6 Å². The number of carbonyl (C=O) groups is 2. The van der Waals surface area contributed by atoms with Crippen molar-refractivity contribution in [3.8, 4) is 0 Å². The molecule has 0 aliphatic rings. The van der Waals surface area contributed by atoms with Gasteiger partial charge in [0.15, 0.2) is 0 Å². The largest absolute Gasteiger partial charge is 0.444 e. The number of esters is 1. The highest BCUT2D eigenvalue weighted by molar-refractivity contribution is 6.33. The van der Waals surface area contributed by atoms with Crippen molar-refractivity contribution in [1.82, 2.24) is 4.90 Å². The third kappa shape index (κ3) is 3.65. The summed E-state index contributed by atoms with van der Waals surface area (Å²) in [5, 5.41) is 0.289. The summed E-state index contributed by atoms with van der Waals surface area (Å²) in [6, 6.07) is 15.5. The summed E-state index contributed by atoms with van der Waals surface area (Å²) < 4.78 is 5.41. The van der Waals surface area contributed by atoms with Gasteiger partial charge in [0, 0.05) is 19.7 Å².